The standard InChI is InChI=1S/C28H25N7O/c36-28(31-23-17-21-9-4-5-11-24(21)30-18-23)22-10-6-15-34(19-22)25-12-13-26(33-32-25)35-16-14-29-27(35)20-7-2-1-3-8-20/h1-5,7-9,11-14,16-18,22H,6,10,15,19H2,(H,31,36). The van der Waals surface area contributed by atoms with E-state index in [-0.39, 0.29) is 11.8 Å². The first-order chi connectivity index (χ1) is 17.7. The Morgan fingerprint density at radius 3 is 2.58 bits per heavy atom. The van der Waals surface area contributed by atoms with Crippen LogP contribution >= 0.6 is 0 Å². The van der Waals surface area contributed by atoms with Gasteiger partial charge in [-0.3, -0.25) is 14.3 Å². The Balaban J connectivity index is 1.15. The van der Waals surface area contributed by atoms with Crippen LogP contribution in [0, 0.1) is 5.92 Å². The third-order valence-corrected chi connectivity index (χ3v) is 6.53. The van der Waals surface area contributed by atoms with E-state index in [1.165, 1.54) is 0 Å². The quantitative estimate of drug-likeness (QED) is 0.395. The van der Waals surface area contributed by atoms with Gasteiger partial charge in [0.1, 0.15) is 5.82 Å². The van der Waals surface area contributed by atoms with Crippen molar-refractivity contribution in [3.8, 4) is 17.2 Å². The van der Waals surface area contributed by atoms with Crippen molar-refractivity contribution < 1.29 is 4.79 Å². The summed E-state index contributed by atoms with van der Waals surface area (Å²) in [7, 11) is 0. The van der Waals surface area contributed by atoms with E-state index in [9.17, 15) is 4.79 Å². The molecule has 178 valence electrons. The zero-order chi connectivity index (χ0) is 24.3. The van der Waals surface area contributed by atoms with E-state index in [0.29, 0.717) is 12.4 Å². The molecule has 0 spiro atoms. The predicted octanol–water partition coefficient (Wildman–Crippen LogP) is 4.73. The third-order valence-electron chi connectivity index (χ3n) is 6.53. The molecule has 0 radical (unpaired) electrons. The van der Waals surface area contributed by atoms with E-state index in [1.54, 1.807) is 12.4 Å². The van der Waals surface area contributed by atoms with Crippen LogP contribution in [0.5, 0.6) is 0 Å². The average molecular weight is 476 g/mol. The number of pyridine rings is 1. The number of amides is 1. The fourth-order valence-electron chi connectivity index (χ4n) is 4.69. The summed E-state index contributed by atoms with van der Waals surface area (Å²) in [6.45, 7) is 1.44. The van der Waals surface area contributed by atoms with Gasteiger partial charge in [-0.2, -0.15) is 0 Å². The number of imidazole rings is 1. The molecule has 1 atom stereocenters. The van der Waals surface area contributed by atoms with Crippen molar-refractivity contribution in [2.75, 3.05) is 23.3 Å². The van der Waals surface area contributed by atoms with Crippen LogP contribution in [0.4, 0.5) is 11.5 Å². The first-order valence-corrected chi connectivity index (χ1v) is 12.1. The molecule has 8 nitrogen and oxygen atoms in total. The van der Waals surface area contributed by atoms with Crippen LogP contribution in [-0.4, -0.2) is 43.7 Å². The number of carbonyl (C=O) groups excluding carboxylic acids is 1. The van der Waals surface area contributed by atoms with E-state index in [2.05, 4.69) is 30.4 Å². The summed E-state index contributed by atoms with van der Waals surface area (Å²) in [6, 6.07) is 23.8. The maximum Gasteiger partial charge on any atom is 0.229 e. The molecule has 0 bridgehead atoms. The Hall–Kier alpha value is -4.59. The largest absolute Gasteiger partial charge is 0.354 e. The molecule has 0 aliphatic carbocycles. The van der Waals surface area contributed by atoms with Gasteiger partial charge in [-0.1, -0.05) is 48.5 Å². The van der Waals surface area contributed by atoms with Crippen LogP contribution in [0.1, 0.15) is 12.8 Å². The minimum atomic E-state index is -0.134. The summed E-state index contributed by atoms with van der Waals surface area (Å²) in [5, 5.41) is 13.0. The number of fused-ring (bicyclic) bond motifs is 1. The molecule has 1 fully saturated rings. The van der Waals surface area contributed by atoms with Crippen LogP contribution in [0.3, 0.4) is 0 Å². The number of para-hydroxylation sites is 1. The average Bonchev–Trinajstić information content (AvgIpc) is 3.44. The fraction of sp³-hybridized carbons (Fsp3) is 0.179. The second-order valence-electron chi connectivity index (χ2n) is 8.93. The zero-order valence-corrected chi connectivity index (χ0v) is 19.7. The van der Waals surface area contributed by atoms with Crippen molar-refractivity contribution in [1.82, 2.24) is 24.7 Å². The van der Waals surface area contributed by atoms with Gasteiger partial charge >= 0.3 is 0 Å². The molecule has 1 N–H and O–H groups in total. The van der Waals surface area contributed by atoms with Crippen LogP contribution in [0.25, 0.3) is 28.1 Å². The number of aromatic nitrogens is 5. The minimum Gasteiger partial charge on any atom is -0.354 e. The second kappa shape index (κ2) is 9.58. The molecular weight excluding hydrogens is 450 g/mol. The number of hydrogen-bond donors (Lipinski definition) is 1. The van der Waals surface area contributed by atoms with Gasteiger partial charge in [0.25, 0.3) is 0 Å². The normalized spacial score (nSPS) is 15.7. The van der Waals surface area contributed by atoms with E-state index in [1.807, 2.05) is 83.6 Å². The summed E-state index contributed by atoms with van der Waals surface area (Å²) < 4.78 is 1.93. The van der Waals surface area contributed by atoms with Crippen LogP contribution in [0.2, 0.25) is 0 Å². The Morgan fingerprint density at radius 2 is 1.72 bits per heavy atom. The van der Waals surface area contributed by atoms with E-state index >= 15 is 0 Å². The van der Waals surface area contributed by atoms with Crippen LogP contribution in [-0.2, 0) is 4.79 Å². The van der Waals surface area contributed by atoms with Gasteiger partial charge in [-0.15, -0.1) is 10.2 Å². The summed E-state index contributed by atoms with van der Waals surface area (Å²) in [5.41, 5.74) is 2.64. The number of piperidine rings is 1. The molecule has 2 aromatic carbocycles. The number of nitrogens with one attached hydrogen (secondary N) is 1. The molecular formula is C28H25N7O. The minimum absolute atomic E-state index is 0.00674. The number of benzene rings is 2. The number of hydrogen-bond acceptors (Lipinski definition) is 6. The Bertz CT molecular complexity index is 1500. The maximum absolute atomic E-state index is 13.1. The molecule has 1 aliphatic rings. The predicted molar refractivity (Wildman–Crippen MR) is 140 cm³/mol. The van der Waals surface area contributed by atoms with E-state index < -0.39 is 0 Å². The number of nitrogens with zero attached hydrogens (tertiary/aromatic N) is 6. The highest BCUT2D eigenvalue weighted by Gasteiger charge is 2.27. The van der Waals surface area contributed by atoms with E-state index in [0.717, 1.165) is 53.2 Å². The van der Waals surface area contributed by atoms with E-state index in [4.69, 9.17) is 0 Å². The highest BCUT2D eigenvalue weighted by Crippen LogP contribution is 2.25. The van der Waals surface area contributed by atoms with Gasteiger partial charge in [-0.05, 0) is 37.1 Å². The lowest BCUT2D eigenvalue weighted by Crippen LogP contribution is -2.41. The lowest BCUT2D eigenvalue weighted by molar-refractivity contribution is -0.120. The van der Waals surface area contributed by atoms with Gasteiger partial charge in [-0.25, -0.2) is 4.98 Å². The summed E-state index contributed by atoms with van der Waals surface area (Å²) >= 11 is 0. The van der Waals surface area contributed by atoms with Crippen LogP contribution in [0.15, 0.2) is 91.4 Å². The summed E-state index contributed by atoms with van der Waals surface area (Å²) in [4.78, 5) is 24.1. The van der Waals surface area contributed by atoms with Crippen molar-refractivity contribution in [3.05, 3.63) is 91.4 Å². The maximum atomic E-state index is 13.1. The lowest BCUT2D eigenvalue weighted by Gasteiger charge is -2.32. The summed E-state index contributed by atoms with van der Waals surface area (Å²) in [6.07, 6.45) is 7.11. The number of anilines is 2. The fourth-order valence-corrected chi connectivity index (χ4v) is 4.69. The number of rotatable bonds is 5. The number of carbonyl (C=O) groups is 1. The lowest BCUT2D eigenvalue weighted by atomic mass is 9.97. The summed E-state index contributed by atoms with van der Waals surface area (Å²) in [5.74, 6) is 2.16. The highest BCUT2D eigenvalue weighted by atomic mass is 16.1. The Kier molecular flexibility index (Phi) is 5.83. The second-order valence-corrected chi connectivity index (χ2v) is 8.93. The Morgan fingerprint density at radius 1 is 0.917 bits per heavy atom. The van der Waals surface area contributed by atoms with Gasteiger partial charge in [0.05, 0.1) is 23.3 Å². The van der Waals surface area contributed by atoms with Gasteiger partial charge in [0, 0.05) is 36.4 Å². The molecule has 36 heavy (non-hydrogen) atoms. The first-order valence-electron chi connectivity index (χ1n) is 12.1. The van der Waals surface area contributed by atoms with Crippen molar-refractivity contribution in [2.45, 2.75) is 12.8 Å². The smallest absolute Gasteiger partial charge is 0.229 e. The van der Waals surface area contributed by atoms with Crippen molar-refractivity contribution in [1.29, 1.82) is 0 Å². The Labute approximate surface area is 208 Å². The SMILES string of the molecule is O=C(Nc1cnc2ccccc2c1)C1CCCN(c2ccc(-n3ccnc3-c3ccccc3)nn2)C1. The highest BCUT2D eigenvalue weighted by molar-refractivity contribution is 5.95. The topological polar surface area (TPSA) is 88.8 Å². The van der Waals surface area contributed by atoms with Gasteiger partial charge in [0.15, 0.2) is 11.6 Å². The zero-order valence-electron chi connectivity index (χ0n) is 19.7. The van der Waals surface area contributed by atoms with Crippen LogP contribution < -0.4 is 10.2 Å². The molecule has 1 aliphatic heterocycles. The molecule has 1 unspecified atom stereocenters. The van der Waals surface area contributed by atoms with Crippen molar-refractivity contribution >= 4 is 28.3 Å². The molecule has 3 aromatic heterocycles. The van der Waals surface area contributed by atoms with Crippen molar-refractivity contribution in [3.63, 3.8) is 0 Å². The molecule has 4 heterocycles. The first kappa shape index (κ1) is 21.9. The molecule has 8 heteroatoms. The molecule has 1 saturated heterocycles. The third kappa shape index (κ3) is 4.40. The monoisotopic (exact) mass is 475 g/mol. The molecule has 6 rings (SSSR count). The van der Waals surface area contributed by atoms with Crippen molar-refractivity contribution in [2.24, 2.45) is 5.92 Å². The molecule has 0 saturated carbocycles. The van der Waals surface area contributed by atoms with Gasteiger partial charge in [0.2, 0.25) is 5.91 Å². The van der Waals surface area contributed by atoms with Gasteiger partial charge < -0.3 is 10.2 Å². The molecule has 5 aromatic rings. The molecule has 1 amide bonds.